The minimum atomic E-state index is -4.05. The van der Waals surface area contributed by atoms with Gasteiger partial charge in [-0.15, -0.1) is 0 Å². The summed E-state index contributed by atoms with van der Waals surface area (Å²) in [5, 5.41) is 0. The van der Waals surface area contributed by atoms with E-state index in [-0.39, 0.29) is 5.69 Å². The fraction of sp³-hybridized carbons (Fsp3) is 0.316. The molecule has 0 saturated carbocycles. The summed E-state index contributed by atoms with van der Waals surface area (Å²) in [7, 11) is -1.34. The maximum absolute atomic E-state index is 14.3. The molecule has 0 unspecified atom stereocenters. The summed E-state index contributed by atoms with van der Waals surface area (Å²) in [6.45, 7) is 0.0265. The Morgan fingerprint density at radius 2 is 1.78 bits per heavy atom. The lowest BCUT2D eigenvalue weighted by atomic mass is 10.0. The summed E-state index contributed by atoms with van der Waals surface area (Å²) < 4.78 is 41.6. The fourth-order valence-corrected chi connectivity index (χ4v) is 4.21. The third-order valence-electron chi connectivity index (χ3n) is 4.55. The molecule has 0 radical (unpaired) electrons. The Morgan fingerprint density at radius 1 is 1.11 bits per heavy atom. The second kappa shape index (κ2) is 7.66. The molecular weight excluding hydrogens is 369 g/mol. The monoisotopic (exact) mass is 391 g/mol. The minimum Gasteiger partial charge on any atom is -0.311 e. The van der Waals surface area contributed by atoms with Gasteiger partial charge in [0.25, 0.3) is 0 Å². The molecule has 0 aliphatic carbocycles. The van der Waals surface area contributed by atoms with E-state index in [0.29, 0.717) is 6.54 Å². The first-order valence-electron chi connectivity index (χ1n) is 8.65. The molecule has 1 heterocycles. The Bertz CT molecular complexity index is 947. The highest BCUT2D eigenvalue weighted by atomic mass is 32.2. The fourth-order valence-electron chi connectivity index (χ4n) is 3.14. The van der Waals surface area contributed by atoms with Crippen LogP contribution in [-0.4, -0.2) is 45.8 Å². The predicted molar refractivity (Wildman–Crippen MR) is 103 cm³/mol. The quantitative estimate of drug-likeness (QED) is 0.787. The Hall–Kier alpha value is -2.45. The minimum absolute atomic E-state index is 0.148. The normalized spacial score (nSPS) is 14.1. The van der Waals surface area contributed by atoms with Gasteiger partial charge in [-0.1, -0.05) is 30.3 Å². The molecule has 1 amide bonds. The van der Waals surface area contributed by atoms with Crippen molar-refractivity contribution in [2.75, 3.05) is 36.4 Å². The lowest BCUT2D eigenvalue weighted by Gasteiger charge is -2.33. The number of nitrogens with zero attached hydrogens (tertiary/aromatic N) is 3. The zero-order chi connectivity index (χ0) is 19.6. The number of benzene rings is 2. The van der Waals surface area contributed by atoms with Crippen LogP contribution in [0.1, 0.15) is 12.0 Å². The second-order valence-electron chi connectivity index (χ2n) is 6.53. The molecule has 8 heteroatoms. The van der Waals surface area contributed by atoms with Crippen LogP contribution in [0.25, 0.3) is 0 Å². The van der Waals surface area contributed by atoms with Gasteiger partial charge < -0.3 is 4.90 Å². The third-order valence-corrected chi connectivity index (χ3v) is 6.36. The van der Waals surface area contributed by atoms with Gasteiger partial charge in [0.1, 0.15) is 12.4 Å². The van der Waals surface area contributed by atoms with E-state index < -0.39 is 28.5 Å². The van der Waals surface area contributed by atoms with E-state index in [4.69, 9.17) is 0 Å². The van der Waals surface area contributed by atoms with Gasteiger partial charge >= 0.3 is 10.2 Å². The van der Waals surface area contributed by atoms with Crippen LogP contribution >= 0.6 is 0 Å². The molecule has 0 bridgehead atoms. The van der Waals surface area contributed by atoms with Crippen LogP contribution in [0.15, 0.2) is 48.5 Å². The maximum Gasteiger partial charge on any atom is 0.304 e. The summed E-state index contributed by atoms with van der Waals surface area (Å²) in [6.07, 6.45) is 1.66. The summed E-state index contributed by atoms with van der Waals surface area (Å²) in [5.41, 5.74) is 1.68. The number of amides is 1. The number of carbonyl (C=O) groups excluding carboxylic acids is 1. The van der Waals surface area contributed by atoms with Crippen molar-refractivity contribution in [3.8, 4) is 0 Å². The molecule has 0 spiro atoms. The van der Waals surface area contributed by atoms with Crippen LogP contribution in [0.2, 0.25) is 0 Å². The molecule has 2 aromatic rings. The van der Waals surface area contributed by atoms with Crippen molar-refractivity contribution in [2.45, 2.75) is 12.8 Å². The van der Waals surface area contributed by atoms with Crippen LogP contribution in [0.5, 0.6) is 0 Å². The Morgan fingerprint density at radius 3 is 2.48 bits per heavy atom. The largest absolute Gasteiger partial charge is 0.311 e. The van der Waals surface area contributed by atoms with E-state index >= 15 is 0 Å². The topological polar surface area (TPSA) is 60.9 Å². The molecule has 1 aliphatic heterocycles. The number of hydrogen-bond donors (Lipinski definition) is 0. The summed E-state index contributed by atoms with van der Waals surface area (Å²) in [5.74, 6) is -1.09. The zero-order valence-corrected chi connectivity index (χ0v) is 16.1. The first-order valence-corrected chi connectivity index (χ1v) is 10.0. The highest BCUT2D eigenvalue weighted by Gasteiger charge is 2.32. The molecule has 1 aliphatic rings. The van der Waals surface area contributed by atoms with Gasteiger partial charge in [-0.25, -0.2) is 8.70 Å². The van der Waals surface area contributed by atoms with Crippen LogP contribution in [0.3, 0.4) is 0 Å². The number of anilines is 2. The highest BCUT2D eigenvalue weighted by molar-refractivity contribution is 7.90. The van der Waals surface area contributed by atoms with Crippen molar-refractivity contribution in [2.24, 2.45) is 0 Å². The molecular formula is C19H22FN3O3S. The Kier molecular flexibility index (Phi) is 5.48. The SMILES string of the molecule is CN(C)S(=O)(=O)N(CC(=O)N1CCCc2ccccc21)c1ccccc1F. The van der Waals surface area contributed by atoms with E-state index in [0.717, 1.165) is 32.7 Å². The van der Waals surface area contributed by atoms with E-state index in [1.165, 1.54) is 38.4 Å². The van der Waals surface area contributed by atoms with Gasteiger partial charge in [-0.3, -0.25) is 4.79 Å². The van der Waals surface area contributed by atoms with Crippen LogP contribution < -0.4 is 9.21 Å². The van der Waals surface area contributed by atoms with Crippen molar-refractivity contribution < 1.29 is 17.6 Å². The van der Waals surface area contributed by atoms with Gasteiger partial charge in [-0.2, -0.15) is 12.7 Å². The van der Waals surface area contributed by atoms with Crippen molar-refractivity contribution in [1.82, 2.24) is 4.31 Å². The smallest absolute Gasteiger partial charge is 0.304 e. The van der Waals surface area contributed by atoms with Gasteiger partial charge in [0.2, 0.25) is 5.91 Å². The van der Waals surface area contributed by atoms with Gasteiger partial charge in [-0.05, 0) is 36.6 Å². The number of hydrogen-bond acceptors (Lipinski definition) is 3. The lowest BCUT2D eigenvalue weighted by molar-refractivity contribution is -0.117. The molecule has 0 atom stereocenters. The van der Waals surface area contributed by atoms with Crippen LogP contribution in [0, 0.1) is 5.82 Å². The van der Waals surface area contributed by atoms with Gasteiger partial charge in [0.05, 0.1) is 5.69 Å². The van der Waals surface area contributed by atoms with Crippen molar-refractivity contribution in [3.05, 3.63) is 59.9 Å². The summed E-state index contributed by atoms with van der Waals surface area (Å²) in [6, 6.07) is 13.1. The lowest BCUT2D eigenvalue weighted by Crippen LogP contribution is -2.48. The van der Waals surface area contributed by atoms with Crippen LogP contribution in [-0.2, 0) is 21.4 Å². The maximum atomic E-state index is 14.3. The number of aryl methyl sites for hydroxylation is 1. The molecule has 0 aromatic heterocycles. The van der Waals surface area contributed by atoms with E-state index in [1.54, 1.807) is 4.90 Å². The molecule has 0 fully saturated rings. The Balaban J connectivity index is 1.96. The molecule has 2 aromatic carbocycles. The number of para-hydroxylation sites is 2. The van der Waals surface area contributed by atoms with Gasteiger partial charge in [0, 0.05) is 26.3 Å². The molecule has 27 heavy (non-hydrogen) atoms. The van der Waals surface area contributed by atoms with Crippen molar-refractivity contribution in [3.63, 3.8) is 0 Å². The van der Waals surface area contributed by atoms with E-state index in [1.807, 2.05) is 24.3 Å². The molecule has 3 rings (SSSR count). The Labute approximate surface area is 159 Å². The average Bonchev–Trinajstić information content (AvgIpc) is 2.66. The summed E-state index contributed by atoms with van der Waals surface area (Å²) in [4.78, 5) is 14.6. The first-order chi connectivity index (χ1) is 12.8. The number of halogens is 1. The molecule has 144 valence electrons. The van der Waals surface area contributed by atoms with Crippen molar-refractivity contribution >= 4 is 27.5 Å². The van der Waals surface area contributed by atoms with E-state index in [9.17, 15) is 17.6 Å². The highest BCUT2D eigenvalue weighted by Crippen LogP contribution is 2.28. The molecule has 0 saturated heterocycles. The number of fused-ring (bicyclic) bond motifs is 1. The third kappa shape index (κ3) is 3.81. The summed E-state index contributed by atoms with van der Waals surface area (Å²) >= 11 is 0. The standard InChI is InChI=1S/C19H22FN3O3S/c1-21(2)27(25,26)23(18-12-6-4-10-16(18)20)14-19(24)22-13-7-9-15-8-3-5-11-17(15)22/h3-6,8,10-12H,7,9,13-14H2,1-2H3. The molecule has 0 N–H and O–H groups in total. The first kappa shape index (κ1) is 19.3. The number of carbonyl (C=O) groups is 1. The average molecular weight is 391 g/mol. The van der Waals surface area contributed by atoms with Crippen molar-refractivity contribution in [1.29, 1.82) is 0 Å². The van der Waals surface area contributed by atoms with Crippen LogP contribution in [0.4, 0.5) is 15.8 Å². The van der Waals surface area contributed by atoms with E-state index in [2.05, 4.69) is 0 Å². The molecule has 6 nitrogen and oxygen atoms in total. The second-order valence-corrected chi connectivity index (χ2v) is 8.59. The van der Waals surface area contributed by atoms with Gasteiger partial charge in [0.15, 0.2) is 0 Å². The predicted octanol–water partition coefficient (Wildman–Crippen LogP) is 2.42. The number of rotatable bonds is 5. The zero-order valence-electron chi connectivity index (χ0n) is 15.3.